The summed E-state index contributed by atoms with van der Waals surface area (Å²) in [6.07, 6.45) is 1.18. The van der Waals surface area contributed by atoms with E-state index in [-0.39, 0.29) is 12.0 Å². The third kappa shape index (κ3) is 3.98. The summed E-state index contributed by atoms with van der Waals surface area (Å²) >= 11 is 0. The zero-order valence-electron chi connectivity index (χ0n) is 17.9. The Morgan fingerprint density at radius 2 is 1.56 bits per heavy atom. The first-order valence-electron chi connectivity index (χ1n) is 11.1. The SMILES string of the molecule is O=C1OC2(CCN(C(=O)c3ccccc3-c3ccccc3)C2)CN1CCc1ccccc1. The fraction of sp³-hybridized carbons (Fsp3) is 0.259. The molecule has 0 aromatic heterocycles. The van der Waals surface area contributed by atoms with Crippen LogP contribution in [-0.2, 0) is 11.2 Å². The van der Waals surface area contributed by atoms with Crippen molar-refractivity contribution in [2.24, 2.45) is 0 Å². The van der Waals surface area contributed by atoms with Crippen molar-refractivity contribution < 1.29 is 14.3 Å². The Kier molecular flexibility index (Phi) is 5.39. The highest BCUT2D eigenvalue weighted by molar-refractivity contribution is 6.01. The minimum atomic E-state index is -0.606. The number of benzene rings is 3. The van der Waals surface area contributed by atoms with Gasteiger partial charge in [-0.1, -0.05) is 78.9 Å². The number of carbonyl (C=O) groups is 2. The highest BCUT2D eigenvalue weighted by Crippen LogP contribution is 2.34. The van der Waals surface area contributed by atoms with Gasteiger partial charge in [-0.05, 0) is 29.2 Å². The highest BCUT2D eigenvalue weighted by atomic mass is 16.6. The molecule has 5 rings (SSSR count). The highest BCUT2D eigenvalue weighted by Gasteiger charge is 2.50. The van der Waals surface area contributed by atoms with Crippen LogP contribution in [0.3, 0.4) is 0 Å². The third-order valence-electron chi connectivity index (χ3n) is 6.40. The molecule has 5 heteroatoms. The second-order valence-corrected chi connectivity index (χ2v) is 8.60. The number of amides is 2. The molecule has 0 radical (unpaired) electrons. The van der Waals surface area contributed by atoms with Gasteiger partial charge in [-0.2, -0.15) is 0 Å². The monoisotopic (exact) mass is 426 g/mol. The summed E-state index contributed by atoms with van der Waals surface area (Å²) in [5.41, 5.74) is 3.21. The van der Waals surface area contributed by atoms with Crippen LogP contribution >= 0.6 is 0 Å². The van der Waals surface area contributed by atoms with Crippen molar-refractivity contribution in [3.63, 3.8) is 0 Å². The lowest BCUT2D eigenvalue weighted by atomic mass is 9.99. The Morgan fingerprint density at radius 1 is 0.875 bits per heavy atom. The number of rotatable bonds is 5. The van der Waals surface area contributed by atoms with Crippen LogP contribution in [-0.4, -0.2) is 53.6 Å². The first-order chi connectivity index (χ1) is 15.6. The van der Waals surface area contributed by atoms with Crippen molar-refractivity contribution in [2.45, 2.75) is 18.4 Å². The molecular formula is C27H26N2O3. The molecule has 5 nitrogen and oxygen atoms in total. The van der Waals surface area contributed by atoms with Gasteiger partial charge in [-0.15, -0.1) is 0 Å². The standard InChI is InChI=1S/C27H26N2O3/c30-25(24-14-8-7-13-23(24)22-11-5-2-6-12-22)28-18-16-27(19-28)20-29(26(31)32-27)17-15-21-9-3-1-4-10-21/h1-14H,15-20H2. The van der Waals surface area contributed by atoms with Gasteiger partial charge >= 0.3 is 6.09 Å². The van der Waals surface area contributed by atoms with Crippen LogP contribution in [0.5, 0.6) is 0 Å². The maximum atomic E-state index is 13.4. The molecule has 1 atom stereocenters. The summed E-state index contributed by atoms with van der Waals surface area (Å²) in [5.74, 6) is -0.0138. The predicted octanol–water partition coefficient (Wildman–Crippen LogP) is 4.63. The molecule has 3 aromatic rings. The minimum Gasteiger partial charge on any atom is -0.439 e. The van der Waals surface area contributed by atoms with E-state index >= 15 is 0 Å². The van der Waals surface area contributed by atoms with Crippen molar-refractivity contribution in [1.82, 2.24) is 9.80 Å². The van der Waals surface area contributed by atoms with Crippen LogP contribution in [0.4, 0.5) is 4.79 Å². The third-order valence-corrected chi connectivity index (χ3v) is 6.40. The maximum absolute atomic E-state index is 13.4. The van der Waals surface area contributed by atoms with E-state index in [1.807, 2.05) is 77.7 Å². The van der Waals surface area contributed by atoms with E-state index in [4.69, 9.17) is 4.74 Å². The van der Waals surface area contributed by atoms with Crippen LogP contribution < -0.4 is 0 Å². The van der Waals surface area contributed by atoms with Crippen molar-refractivity contribution in [2.75, 3.05) is 26.2 Å². The number of carbonyl (C=O) groups excluding carboxylic acids is 2. The van der Waals surface area contributed by atoms with E-state index in [2.05, 4.69) is 12.1 Å². The molecule has 2 heterocycles. The van der Waals surface area contributed by atoms with Gasteiger partial charge in [-0.3, -0.25) is 4.79 Å². The van der Waals surface area contributed by atoms with E-state index in [0.29, 0.717) is 38.2 Å². The van der Waals surface area contributed by atoms with E-state index in [1.54, 1.807) is 4.90 Å². The Bertz CT molecular complexity index is 1120. The lowest BCUT2D eigenvalue weighted by molar-refractivity contribution is 0.0553. The summed E-state index contributed by atoms with van der Waals surface area (Å²) in [7, 11) is 0. The average Bonchev–Trinajstić information content (AvgIpc) is 3.40. The zero-order valence-corrected chi connectivity index (χ0v) is 17.9. The Hall–Kier alpha value is -3.60. The van der Waals surface area contributed by atoms with Gasteiger partial charge in [0.2, 0.25) is 0 Å². The number of ether oxygens (including phenoxy) is 1. The minimum absolute atomic E-state index is 0.0138. The number of hydrogen-bond acceptors (Lipinski definition) is 3. The van der Waals surface area contributed by atoms with Crippen LogP contribution in [0.15, 0.2) is 84.9 Å². The maximum Gasteiger partial charge on any atom is 0.410 e. The van der Waals surface area contributed by atoms with Gasteiger partial charge in [0.1, 0.15) is 0 Å². The lowest BCUT2D eigenvalue weighted by Gasteiger charge is -2.23. The van der Waals surface area contributed by atoms with Gasteiger partial charge in [0.25, 0.3) is 5.91 Å². The fourth-order valence-electron chi connectivity index (χ4n) is 4.71. The molecule has 2 fully saturated rings. The zero-order chi connectivity index (χ0) is 22.0. The average molecular weight is 427 g/mol. The molecular weight excluding hydrogens is 400 g/mol. The summed E-state index contributed by atoms with van der Waals surface area (Å²) < 4.78 is 5.84. The van der Waals surface area contributed by atoms with Crippen LogP contribution in [0.2, 0.25) is 0 Å². The Morgan fingerprint density at radius 3 is 2.34 bits per heavy atom. The summed E-state index contributed by atoms with van der Waals surface area (Å²) in [6.45, 7) is 2.17. The normalized spacial score (nSPS) is 20.1. The topological polar surface area (TPSA) is 49.9 Å². The second kappa shape index (κ2) is 8.50. The van der Waals surface area contributed by atoms with Crippen molar-refractivity contribution in [3.05, 3.63) is 96.1 Å². The number of likely N-dealkylation sites (tertiary alicyclic amines) is 1. The van der Waals surface area contributed by atoms with Gasteiger partial charge in [-0.25, -0.2) is 4.79 Å². The molecule has 1 spiro atoms. The molecule has 2 amide bonds. The van der Waals surface area contributed by atoms with Crippen LogP contribution in [0.25, 0.3) is 11.1 Å². The first kappa shape index (κ1) is 20.3. The summed E-state index contributed by atoms with van der Waals surface area (Å²) in [5, 5.41) is 0. The van der Waals surface area contributed by atoms with Gasteiger partial charge in [0.05, 0.1) is 13.1 Å². The second-order valence-electron chi connectivity index (χ2n) is 8.60. The molecule has 0 bridgehead atoms. The van der Waals surface area contributed by atoms with Crippen LogP contribution in [0, 0.1) is 0 Å². The molecule has 0 aliphatic carbocycles. The Balaban J connectivity index is 1.28. The lowest BCUT2D eigenvalue weighted by Crippen LogP contribution is -2.39. The molecule has 2 saturated heterocycles. The molecule has 32 heavy (non-hydrogen) atoms. The molecule has 2 aliphatic heterocycles. The predicted molar refractivity (Wildman–Crippen MR) is 123 cm³/mol. The van der Waals surface area contributed by atoms with E-state index in [9.17, 15) is 9.59 Å². The smallest absolute Gasteiger partial charge is 0.410 e. The largest absolute Gasteiger partial charge is 0.439 e. The quantitative estimate of drug-likeness (QED) is 0.598. The van der Waals surface area contributed by atoms with Gasteiger partial charge in [0.15, 0.2) is 5.60 Å². The summed E-state index contributed by atoms with van der Waals surface area (Å²) in [4.78, 5) is 29.6. The van der Waals surface area contributed by atoms with E-state index < -0.39 is 5.60 Å². The first-order valence-corrected chi connectivity index (χ1v) is 11.1. The number of nitrogens with zero attached hydrogens (tertiary/aromatic N) is 2. The van der Waals surface area contributed by atoms with E-state index in [0.717, 1.165) is 17.5 Å². The Labute approximate surface area is 188 Å². The van der Waals surface area contributed by atoms with Gasteiger partial charge < -0.3 is 14.5 Å². The molecule has 162 valence electrons. The molecule has 0 N–H and O–H groups in total. The molecule has 0 saturated carbocycles. The van der Waals surface area contributed by atoms with Crippen LogP contribution in [0.1, 0.15) is 22.3 Å². The van der Waals surface area contributed by atoms with Crippen molar-refractivity contribution >= 4 is 12.0 Å². The molecule has 3 aromatic carbocycles. The molecule has 2 aliphatic rings. The van der Waals surface area contributed by atoms with Crippen molar-refractivity contribution in [1.29, 1.82) is 0 Å². The van der Waals surface area contributed by atoms with Crippen molar-refractivity contribution in [3.8, 4) is 11.1 Å². The fourth-order valence-corrected chi connectivity index (χ4v) is 4.71. The summed E-state index contributed by atoms with van der Waals surface area (Å²) in [6, 6.07) is 27.8. The number of hydrogen-bond donors (Lipinski definition) is 0. The molecule has 1 unspecified atom stereocenters. The van der Waals surface area contributed by atoms with E-state index in [1.165, 1.54) is 5.56 Å². The van der Waals surface area contributed by atoms with Gasteiger partial charge in [0, 0.05) is 25.1 Å².